The molecular formula is C12H12O6S. The molecule has 19 heavy (non-hydrogen) atoms. The Morgan fingerprint density at radius 3 is 2.63 bits per heavy atom. The van der Waals surface area contributed by atoms with Gasteiger partial charge in [0, 0.05) is 5.37 Å². The van der Waals surface area contributed by atoms with Gasteiger partial charge in [0.1, 0.15) is 0 Å². The summed E-state index contributed by atoms with van der Waals surface area (Å²) in [6.45, 7) is 0. The van der Waals surface area contributed by atoms with Crippen LogP contribution in [0.5, 0.6) is 11.5 Å². The number of carboxylic acid groups (broad SMARTS) is 1. The highest BCUT2D eigenvalue weighted by Crippen LogP contribution is 2.27. The molecule has 0 unspecified atom stereocenters. The lowest BCUT2D eigenvalue weighted by molar-refractivity contribution is -0.142. The summed E-state index contributed by atoms with van der Waals surface area (Å²) in [4.78, 5) is 21.8. The van der Waals surface area contributed by atoms with Crippen LogP contribution in [0.3, 0.4) is 0 Å². The van der Waals surface area contributed by atoms with E-state index in [-0.39, 0.29) is 29.8 Å². The van der Waals surface area contributed by atoms with Gasteiger partial charge in [0.2, 0.25) is 0 Å². The molecule has 0 bridgehead atoms. The van der Waals surface area contributed by atoms with Gasteiger partial charge in [0.15, 0.2) is 11.5 Å². The van der Waals surface area contributed by atoms with Gasteiger partial charge in [-0.15, -0.1) is 0 Å². The molecule has 0 saturated heterocycles. The second kappa shape index (κ2) is 7.32. The Hall–Kier alpha value is -2.15. The molecule has 1 aromatic rings. The zero-order valence-electron chi connectivity index (χ0n) is 10.1. The van der Waals surface area contributed by atoms with Gasteiger partial charge in [-0.2, -0.15) is 0 Å². The molecule has 1 rings (SSSR count). The molecule has 0 radical (unpaired) electrons. The van der Waals surface area contributed by atoms with E-state index in [1.807, 2.05) is 0 Å². The Bertz CT molecular complexity index is 533. The highest BCUT2D eigenvalue weighted by atomic mass is 32.1. The lowest BCUT2D eigenvalue weighted by atomic mass is 10.2. The van der Waals surface area contributed by atoms with Crippen LogP contribution in [0.4, 0.5) is 0 Å². The third-order valence-electron chi connectivity index (χ3n) is 2.14. The number of ether oxygens (including phenoxy) is 2. The molecule has 0 fully saturated rings. The molecule has 7 heteroatoms. The smallest absolute Gasteiger partial charge is 0.311 e. The van der Waals surface area contributed by atoms with Crippen molar-refractivity contribution >= 4 is 28.6 Å². The van der Waals surface area contributed by atoms with Crippen LogP contribution < -0.4 is 9.47 Å². The van der Waals surface area contributed by atoms with Crippen molar-refractivity contribution in [1.82, 2.24) is 0 Å². The minimum absolute atomic E-state index is 0.153. The number of carbonyl (C=O) groups excluding carboxylic acids is 1. The van der Waals surface area contributed by atoms with Gasteiger partial charge in [-0.05, 0) is 17.7 Å². The number of methoxy groups -OCH3 is 1. The SMILES string of the molecule is COc1ccc(C=S=O)cc1OC(=O)CCC(=O)O. The highest BCUT2D eigenvalue weighted by Gasteiger charge is 2.12. The first kappa shape index (κ1) is 14.9. The van der Waals surface area contributed by atoms with E-state index in [0.29, 0.717) is 11.3 Å². The van der Waals surface area contributed by atoms with Gasteiger partial charge in [-0.3, -0.25) is 9.59 Å². The molecular weight excluding hydrogens is 272 g/mol. The molecule has 1 N–H and O–H groups in total. The summed E-state index contributed by atoms with van der Waals surface area (Å²) >= 11 is 0.276. The fraction of sp³-hybridized carbons (Fsp3) is 0.250. The number of rotatable bonds is 6. The molecule has 0 aliphatic rings. The van der Waals surface area contributed by atoms with Crippen LogP contribution in [-0.4, -0.2) is 33.7 Å². The maximum Gasteiger partial charge on any atom is 0.311 e. The predicted octanol–water partition coefficient (Wildman–Crippen LogP) is 0.829. The molecule has 0 aliphatic heterocycles. The fourth-order valence-corrected chi connectivity index (χ4v) is 1.54. The molecule has 0 atom stereocenters. The number of carboxylic acids is 1. The topological polar surface area (TPSA) is 89.9 Å². The van der Waals surface area contributed by atoms with E-state index in [1.54, 1.807) is 12.1 Å². The first-order chi connectivity index (χ1) is 9.06. The van der Waals surface area contributed by atoms with Crippen LogP contribution in [0.25, 0.3) is 0 Å². The number of hydrogen-bond acceptors (Lipinski definition) is 5. The van der Waals surface area contributed by atoms with Gasteiger partial charge in [0.25, 0.3) is 0 Å². The Morgan fingerprint density at radius 1 is 1.32 bits per heavy atom. The van der Waals surface area contributed by atoms with Gasteiger partial charge < -0.3 is 14.6 Å². The van der Waals surface area contributed by atoms with E-state index in [9.17, 15) is 13.8 Å². The average Bonchev–Trinajstić information content (AvgIpc) is 2.37. The zero-order chi connectivity index (χ0) is 14.3. The first-order valence-corrected chi connectivity index (χ1v) is 6.09. The fourth-order valence-electron chi connectivity index (χ4n) is 1.28. The van der Waals surface area contributed by atoms with E-state index in [2.05, 4.69) is 0 Å². The van der Waals surface area contributed by atoms with E-state index in [1.165, 1.54) is 18.5 Å². The van der Waals surface area contributed by atoms with Gasteiger partial charge in [-0.1, -0.05) is 6.07 Å². The molecule has 1 aromatic carbocycles. The lowest BCUT2D eigenvalue weighted by Gasteiger charge is -2.09. The van der Waals surface area contributed by atoms with Gasteiger partial charge >= 0.3 is 11.9 Å². The third kappa shape index (κ3) is 4.92. The van der Waals surface area contributed by atoms with Gasteiger partial charge in [0.05, 0.1) is 31.2 Å². The summed E-state index contributed by atoms with van der Waals surface area (Å²) in [6, 6.07) is 4.67. The molecule has 0 heterocycles. The minimum Gasteiger partial charge on any atom is -0.493 e. The normalized spacial score (nSPS) is 9.53. The largest absolute Gasteiger partial charge is 0.493 e. The lowest BCUT2D eigenvalue weighted by Crippen LogP contribution is -2.11. The van der Waals surface area contributed by atoms with E-state index < -0.39 is 11.9 Å². The minimum atomic E-state index is -1.08. The Balaban J connectivity index is 2.85. The zero-order valence-corrected chi connectivity index (χ0v) is 10.9. The summed E-state index contributed by atoms with van der Waals surface area (Å²) in [5.41, 5.74) is 0.571. The number of benzene rings is 1. The molecule has 0 amide bonds. The van der Waals surface area contributed by atoms with Crippen molar-refractivity contribution in [2.75, 3.05) is 7.11 Å². The van der Waals surface area contributed by atoms with Crippen LogP contribution in [0.2, 0.25) is 0 Å². The van der Waals surface area contributed by atoms with Crippen LogP contribution in [-0.2, 0) is 20.8 Å². The Labute approximate surface area is 113 Å². The maximum atomic E-state index is 11.4. The Morgan fingerprint density at radius 2 is 2.05 bits per heavy atom. The maximum absolute atomic E-state index is 11.4. The van der Waals surface area contributed by atoms with Crippen molar-refractivity contribution < 1.29 is 28.4 Å². The summed E-state index contributed by atoms with van der Waals surface area (Å²) in [6.07, 6.45) is -0.536. The van der Waals surface area contributed by atoms with Crippen molar-refractivity contribution in [2.45, 2.75) is 12.8 Å². The molecule has 0 saturated carbocycles. The van der Waals surface area contributed by atoms with E-state index >= 15 is 0 Å². The van der Waals surface area contributed by atoms with Crippen LogP contribution in [0.15, 0.2) is 18.2 Å². The predicted molar refractivity (Wildman–Crippen MR) is 68.8 cm³/mol. The molecule has 0 aliphatic carbocycles. The van der Waals surface area contributed by atoms with Crippen molar-refractivity contribution in [1.29, 1.82) is 0 Å². The Kier molecular flexibility index (Phi) is 5.74. The molecule has 102 valence electrons. The third-order valence-corrected chi connectivity index (χ3v) is 2.51. The first-order valence-electron chi connectivity index (χ1n) is 5.29. The second-order valence-corrected chi connectivity index (χ2v) is 3.92. The molecule has 0 spiro atoms. The highest BCUT2D eigenvalue weighted by molar-refractivity contribution is 7.65. The summed E-state index contributed by atoms with van der Waals surface area (Å²) in [5.74, 6) is -1.27. The van der Waals surface area contributed by atoms with Crippen molar-refractivity contribution in [2.24, 2.45) is 0 Å². The second-order valence-electron chi connectivity index (χ2n) is 3.49. The van der Waals surface area contributed by atoms with Crippen LogP contribution >= 0.6 is 0 Å². The van der Waals surface area contributed by atoms with Crippen molar-refractivity contribution in [3.63, 3.8) is 0 Å². The summed E-state index contributed by atoms with van der Waals surface area (Å²) in [7, 11) is 1.41. The molecule has 0 aromatic heterocycles. The summed E-state index contributed by atoms with van der Waals surface area (Å²) < 4.78 is 20.4. The van der Waals surface area contributed by atoms with E-state index in [0.717, 1.165) is 0 Å². The standard InChI is InChI=1S/C12H12O6S/c1-17-9-3-2-8(7-19-16)6-10(9)18-12(15)5-4-11(13)14/h2-3,6-7H,4-5H2,1H3,(H,13,14). The monoisotopic (exact) mass is 284 g/mol. The van der Waals surface area contributed by atoms with Crippen LogP contribution in [0.1, 0.15) is 18.4 Å². The number of hydrogen-bond donors (Lipinski definition) is 1. The van der Waals surface area contributed by atoms with Crippen molar-refractivity contribution in [3.05, 3.63) is 23.8 Å². The number of esters is 1. The number of aliphatic carboxylic acids is 1. The quantitative estimate of drug-likeness (QED) is 0.473. The van der Waals surface area contributed by atoms with Crippen LogP contribution in [0, 0.1) is 0 Å². The average molecular weight is 284 g/mol. The number of carbonyl (C=O) groups is 2. The van der Waals surface area contributed by atoms with E-state index in [4.69, 9.17) is 14.6 Å². The molecule has 6 nitrogen and oxygen atoms in total. The van der Waals surface area contributed by atoms with Crippen molar-refractivity contribution in [3.8, 4) is 11.5 Å². The summed E-state index contributed by atoms with van der Waals surface area (Å²) in [5, 5.41) is 9.81. The van der Waals surface area contributed by atoms with Gasteiger partial charge in [-0.25, -0.2) is 4.21 Å².